The van der Waals surface area contributed by atoms with E-state index in [9.17, 15) is 0 Å². The van der Waals surface area contributed by atoms with Crippen LogP contribution in [0.5, 0.6) is 5.75 Å². The third kappa shape index (κ3) is 1.46. The Hall–Kier alpha value is -1.06. The lowest BCUT2D eigenvalue weighted by Gasteiger charge is -2.57. The molecule has 1 saturated carbocycles. The van der Waals surface area contributed by atoms with Gasteiger partial charge in [0.1, 0.15) is 5.75 Å². The van der Waals surface area contributed by atoms with Crippen molar-refractivity contribution in [3.8, 4) is 5.75 Å². The summed E-state index contributed by atoms with van der Waals surface area (Å²) in [7, 11) is 4.05. The maximum absolute atomic E-state index is 5.48. The van der Waals surface area contributed by atoms with Gasteiger partial charge in [0.25, 0.3) is 0 Å². The topological polar surface area (TPSA) is 24.5 Å². The van der Waals surface area contributed by atoms with Gasteiger partial charge in [-0.15, -0.1) is 0 Å². The summed E-state index contributed by atoms with van der Waals surface area (Å²) in [5.41, 5.74) is 3.74. The molecule has 4 unspecified atom stereocenters. The van der Waals surface area contributed by atoms with Gasteiger partial charge in [-0.25, -0.2) is 0 Å². The first-order valence-electron chi connectivity index (χ1n) is 8.19. The van der Waals surface area contributed by atoms with E-state index in [0.717, 1.165) is 12.3 Å². The third-order valence-corrected chi connectivity index (χ3v) is 6.25. The third-order valence-electron chi connectivity index (χ3n) is 6.25. The summed E-state index contributed by atoms with van der Waals surface area (Å²) in [6, 6.07) is 7.99. The van der Waals surface area contributed by atoms with Crippen LogP contribution in [0.25, 0.3) is 0 Å². The van der Waals surface area contributed by atoms with Crippen molar-refractivity contribution in [2.75, 3.05) is 27.2 Å². The van der Waals surface area contributed by atoms with Crippen molar-refractivity contribution < 1.29 is 4.74 Å². The smallest absolute Gasteiger partial charge is 0.119 e. The van der Waals surface area contributed by atoms with E-state index in [1.807, 2.05) is 0 Å². The molecule has 114 valence electrons. The molecule has 1 aliphatic heterocycles. The number of likely N-dealkylation sites (tertiary alicyclic amines) is 1. The molecule has 2 aliphatic carbocycles. The van der Waals surface area contributed by atoms with Crippen molar-refractivity contribution in [3.63, 3.8) is 0 Å². The summed E-state index contributed by atoms with van der Waals surface area (Å²) in [4.78, 5) is 2.55. The molecule has 3 nitrogen and oxygen atoms in total. The first kappa shape index (κ1) is 13.6. The first-order valence-corrected chi connectivity index (χ1v) is 8.19. The number of hydrogen-bond acceptors (Lipinski definition) is 3. The van der Waals surface area contributed by atoms with E-state index >= 15 is 0 Å². The molecule has 1 aromatic rings. The van der Waals surface area contributed by atoms with E-state index in [2.05, 4.69) is 49.3 Å². The van der Waals surface area contributed by atoms with Gasteiger partial charge in [0.05, 0.1) is 7.11 Å². The van der Waals surface area contributed by atoms with Crippen LogP contribution in [0.1, 0.15) is 37.8 Å². The van der Waals surface area contributed by atoms with Gasteiger partial charge in [-0.2, -0.15) is 0 Å². The maximum Gasteiger partial charge on any atom is 0.119 e. The molecule has 2 fully saturated rings. The summed E-state index contributed by atoms with van der Waals surface area (Å²) in [6.07, 6.45) is 2.49. The number of fused-ring (bicyclic) bond motifs is 3. The predicted octanol–water partition coefficient (Wildman–Crippen LogP) is 2.29. The molecule has 1 spiro atoms. The molecule has 3 aliphatic rings. The minimum absolute atomic E-state index is 0.245. The maximum atomic E-state index is 5.48. The number of benzene rings is 1. The number of methoxy groups -OCH3 is 1. The highest BCUT2D eigenvalue weighted by Crippen LogP contribution is 2.66. The molecule has 21 heavy (non-hydrogen) atoms. The normalized spacial score (nSPS) is 39.8. The molecule has 1 heterocycles. The van der Waals surface area contributed by atoms with Gasteiger partial charge in [-0.3, -0.25) is 4.90 Å². The van der Waals surface area contributed by atoms with Crippen LogP contribution < -0.4 is 10.1 Å². The molecule has 0 aromatic heterocycles. The quantitative estimate of drug-likeness (QED) is 0.919. The number of ether oxygens (including phenoxy) is 1. The standard InChI is InChI=1S/C18H26N2O/c1-5-8-19-15-16-18(11-20(16)3)10-17(15,2)14-9-12(21-4)6-7-13(14)18/h6-7,9,15-16,19H,5,8,10-11H2,1-4H3. The fourth-order valence-corrected chi connectivity index (χ4v) is 5.59. The van der Waals surface area contributed by atoms with Crippen molar-refractivity contribution in [2.24, 2.45) is 0 Å². The zero-order valence-electron chi connectivity index (χ0n) is 13.6. The van der Waals surface area contributed by atoms with Crippen LogP contribution in [0.3, 0.4) is 0 Å². The summed E-state index contributed by atoms with van der Waals surface area (Å²) >= 11 is 0. The van der Waals surface area contributed by atoms with Crippen LogP contribution >= 0.6 is 0 Å². The molecule has 0 amide bonds. The Kier molecular flexibility index (Phi) is 2.74. The zero-order chi connectivity index (χ0) is 14.8. The second kappa shape index (κ2) is 4.23. The van der Waals surface area contributed by atoms with Crippen molar-refractivity contribution >= 4 is 0 Å². The fourth-order valence-electron chi connectivity index (χ4n) is 5.59. The summed E-state index contributed by atoms with van der Waals surface area (Å²) in [6.45, 7) is 7.02. The minimum Gasteiger partial charge on any atom is -0.497 e. The average molecular weight is 286 g/mol. The summed E-state index contributed by atoms with van der Waals surface area (Å²) < 4.78 is 5.48. The molecule has 4 atom stereocenters. The highest BCUT2D eigenvalue weighted by atomic mass is 16.5. The number of rotatable bonds is 4. The Bertz CT molecular complexity index is 587. The summed E-state index contributed by atoms with van der Waals surface area (Å²) in [5.74, 6) is 0.998. The van der Waals surface area contributed by atoms with Gasteiger partial charge in [-0.05, 0) is 49.7 Å². The Morgan fingerprint density at radius 3 is 2.86 bits per heavy atom. The Labute approximate surface area is 127 Å². The lowest BCUT2D eigenvalue weighted by molar-refractivity contribution is 0.0135. The second-order valence-corrected chi connectivity index (χ2v) is 7.45. The molecule has 0 radical (unpaired) electrons. The lowest BCUT2D eigenvalue weighted by atomic mass is 9.65. The monoisotopic (exact) mass is 286 g/mol. The molecule has 4 rings (SSSR count). The van der Waals surface area contributed by atoms with Crippen LogP contribution in [0, 0.1) is 0 Å². The van der Waals surface area contributed by atoms with E-state index in [0.29, 0.717) is 17.5 Å². The Morgan fingerprint density at radius 2 is 2.19 bits per heavy atom. The van der Waals surface area contributed by atoms with E-state index in [1.165, 1.54) is 24.9 Å². The molecule has 2 bridgehead atoms. The number of nitrogens with one attached hydrogen (secondary N) is 1. The molecule has 3 heteroatoms. The Balaban J connectivity index is 1.82. The minimum atomic E-state index is 0.245. The molecular weight excluding hydrogens is 260 g/mol. The number of nitrogens with zero attached hydrogens (tertiary/aromatic N) is 1. The van der Waals surface area contributed by atoms with Crippen LogP contribution in [0.15, 0.2) is 18.2 Å². The Morgan fingerprint density at radius 1 is 1.38 bits per heavy atom. The number of likely N-dealkylation sites (N-methyl/N-ethyl adjacent to an activating group) is 1. The van der Waals surface area contributed by atoms with Gasteiger partial charge in [0.15, 0.2) is 0 Å². The van der Waals surface area contributed by atoms with Crippen molar-refractivity contribution in [1.29, 1.82) is 0 Å². The molecule has 1 N–H and O–H groups in total. The van der Waals surface area contributed by atoms with Gasteiger partial charge in [-0.1, -0.05) is 19.9 Å². The molecule has 1 saturated heterocycles. The van der Waals surface area contributed by atoms with Gasteiger partial charge >= 0.3 is 0 Å². The summed E-state index contributed by atoms with van der Waals surface area (Å²) in [5, 5.41) is 3.86. The highest BCUT2D eigenvalue weighted by Gasteiger charge is 2.71. The zero-order valence-corrected chi connectivity index (χ0v) is 13.6. The van der Waals surface area contributed by atoms with Crippen molar-refractivity contribution in [2.45, 2.75) is 49.6 Å². The largest absolute Gasteiger partial charge is 0.497 e. The van der Waals surface area contributed by atoms with E-state index < -0.39 is 0 Å². The van der Waals surface area contributed by atoms with E-state index in [4.69, 9.17) is 4.74 Å². The highest BCUT2D eigenvalue weighted by molar-refractivity contribution is 5.58. The molecule has 1 aromatic carbocycles. The van der Waals surface area contributed by atoms with Gasteiger partial charge in [0.2, 0.25) is 0 Å². The second-order valence-electron chi connectivity index (χ2n) is 7.45. The SMILES string of the molecule is CCCNC1C2N(C)CC23CC1(C)c1cc(OC)ccc13. The fraction of sp³-hybridized carbons (Fsp3) is 0.667. The van der Waals surface area contributed by atoms with Crippen LogP contribution in [-0.4, -0.2) is 44.2 Å². The number of hydrogen-bond donors (Lipinski definition) is 1. The van der Waals surface area contributed by atoms with E-state index in [1.54, 1.807) is 12.7 Å². The van der Waals surface area contributed by atoms with Crippen LogP contribution in [0.2, 0.25) is 0 Å². The van der Waals surface area contributed by atoms with Gasteiger partial charge in [0, 0.05) is 29.5 Å². The van der Waals surface area contributed by atoms with Crippen molar-refractivity contribution in [1.82, 2.24) is 10.2 Å². The van der Waals surface area contributed by atoms with Gasteiger partial charge < -0.3 is 10.1 Å². The molecular formula is C18H26N2O. The average Bonchev–Trinajstić information content (AvgIpc) is 2.85. The van der Waals surface area contributed by atoms with E-state index in [-0.39, 0.29) is 5.41 Å². The predicted molar refractivity (Wildman–Crippen MR) is 85.1 cm³/mol. The lowest BCUT2D eigenvalue weighted by Crippen LogP contribution is -2.70. The van der Waals surface area contributed by atoms with Crippen LogP contribution in [0.4, 0.5) is 0 Å². The van der Waals surface area contributed by atoms with Crippen LogP contribution in [-0.2, 0) is 10.8 Å². The van der Waals surface area contributed by atoms with Crippen molar-refractivity contribution in [3.05, 3.63) is 29.3 Å². The first-order chi connectivity index (χ1) is 10.1.